The fraction of sp³-hybridized carbons (Fsp3) is 0.529. The molecule has 2 amide bonds. The summed E-state index contributed by atoms with van der Waals surface area (Å²) in [6.45, 7) is 2.99. The molecule has 1 aliphatic rings. The molecule has 1 aromatic carbocycles. The molecule has 0 radical (unpaired) electrons. The third-order valence-electron chi connectivity index (χ3n) is 4.06. The molecule has 0 spiro atoms. The van der Waals surface area contributed by atoms with Crippen LogP contribution in [-0.4, -0.2) is 50.6 Å². The normalized spacial score (nSPS) is 14.3. The Morgan fingerprint density at radius 2 is 1.83 bits per heavy atom. The summed E-state index contributed by atoms with van der Waals surface area (Å²) in [5.41, 5.74) is 0.546. The largest absolute Gasteiger partial charge is 0.497 e. The number of anilines is 1. The van der Waals surface area contributed by atoms with Gasteiger partial charge in [0.15, 0.2) is 0 Å². The first-order chi connectivity index (χ1) is 11.1. The lowest BCUT2D eigenvalue weighted by Crippen LogP contribution is -2.44. The molecule has 1 aliphatic heterocycles. The topological polar surface area (TPSA) is 59.1 Å². The van der Waals surface area contributed by atoms with Crippen LogP contribution >= 0.6 is 0 Å². The highest BCUT2D eigenvalue weighted by atomic mass is 16.5. The van der Waals surface area contributed by atoms with Gasteiger partial charge < -0.3 is 14.4 Å². The summed E-state index contributed by atoms with van der Waals surface area (Å²) in [6, 6.07) is 5.20. The highest BCUT2D eigenvalue weighted by molar-refractivity contribution is 5.98. The third-order valence-corrected chi connectivity index (χ3v) is 4.06. The van der Waals surface area contributed by atoms with E-state index in [1.807, 2.05) is 4.90 Å². The van der Waals surface area contributed by atoms with Gasteiger partial charge >= 0.3 is 0 Å². The highest BCUT2D eigenvalue weighted by Crippen LogP contribution is 2.32. The summed E-state index contributed by atoms with van der Waals surface area (Å²) in [6.07, 6.45) is 3.20. The Labute approximate surface area is 137 Å². The average Bonchev–Trinajstić information content (AvgIpc) is 2.59. The zero-order valence-electron chi connectivity index (χ0n) is 14.0. The van der Waals surface area contributed by atoms with Crippen LogP contribution in [-0.2, 0) is 9.59 Å². The molecule has 126 valence electrons. The number of carbonyl (C=O) groups excluding carboxylic acids is 2. The van der Waals surface area contributed by atoms with Crippen LogP contribution in [0.5, 0.6) is 11.5 Å². The molecule has 23 heavy (non-hydrogen) atoms. The van der Waals surface area contributed by atoms with Gasteiger partial charge in [-0.3, -0.25) is 14.5 Å². The molecule has 0 atom stereocenters. The van der Waals surface area contributed by atoms with Crippen molar-refractivity contribution < 1.29 is 19.1 Å². The second kappa shape index (κ2) is 7.85. The minimum absolute atomic E-state index is 0.0128. The fourth-order valence-corrected chi connectivity index (χ4v) is 2.75. The van der Waals surface area contributed by atoms with E-state index in [1.165, 1.54) is 18.9 Å². The lowest BCUT2D eigenvalue weighted by molar-refractivity contribution is -0.132. The van der Waals surface area contributed by atoms with Gasteiger partial charge in [0.2, 0.25) is 11.8 Å². The molecule has 1 saturated heterocycles. The van der Waals surface area contributed by atoms with E-state index >= 15 is 0 Å². The number of hydrogen-bond donors (Lipinski definition) is 0. The van der Waals surface area contributed by atoms with Crippen molar-refractivity contribution >= 4 is 17.5 Å². The van der Waals surface area contributed by atoms with Crippen LogP contribution in [0.2, 0.25) is 0 Å². The Balaban J connectivity index is 2.24. The summed E-state index contributed by atoms with van der Waals surface area (Å²) < 4.78 is 10.5. The summed E-state index contributed by atoms with van der Waals surface area (Å²) >= 11 is 0. The number of likely N-dealkylation sites (tertiary alicyclic amines) is 1. The average molecular weight is 320 g/mol. The SMILES string of the molecule is COc1ccc(OC)c(N(CC(=O)N2CCCCC2)C(C)=O)c1. The van der Waals surface area contributed by atoms with E-state index in [9.17, 15) is 9.59 Å². The van der Waals surface area contributed by atoms with Crippen molar-refractivity contribution in [1.82, 2.24) is 4.90 Å². The molecule has 2 rings (SSSR count). The van der Waals surface area contributed by atoms with Crippen LogP contribution in [0.25, 0.3) is 0 Å². The van der Waals surface area contributed by atoms with E-state index in [1.54, 1.807) is 25.3 Å². The monoisotopic (exact) mass is 320 g/mol. The Morgan fingerprint density at radius 3 is 2.39 bits per heavy atom. The van der Waals surface area contributed by atoms with Gasteiger partial charge in [0.1, 0.15) is 18.0 Å². The van der Waals surface area contributed by atoms with E-state index in [0.29, 0.717) is 17.2 Å². The Kier molecular flexibility index (Phi) is 5.84. The number of carbonyl (C=O) groups is 2. The second-order valence-corrected chi connectivity index (χ2v) is 5.58. The molecule has 1 aromatic rings. The minimum Gasteiger partial charge on any atom is -0.497 e. The molecule has 0 unspecified atom stereocenters. The van der Waals surface area contributed by atoms with E-state index in [0.717, 1.165) is 32.4 Å². The molecule has 0 saturated carbocycles. The maximum atomic E-state index is 12.5. The lowest BCUT2D eigenvalue weighted by atomic mass is 10.1. The number of hydrogen-bond acceptors (Lipinski definition) is 4. The zero-order valence-corrected chi connectivity index (χ0v) is 14.0. The quantitative estimate of drug-likeness (QED) is 0.833. The van der Waals surface area contributed by atoms with Crippen molar-refractivity contribution in [2.24, 2.45) is 0 Å². The number of benzene rings is 1. The number of ether oxygens (including phenoxy) is 2. The van der Waals surface area contributed by atoms with Crippen LogP contribution in [0.15, 0.2) is 18.2 Å². The summed E-state index contributed by atoms with van der Waals surface area (Å²) in [7, 11) is 3.10. The number of rotatable bonds is 5. The molecule has 6 nitrogen and oxygen atoms in total. The molecule has 0 aliphatic carbocycles. The van der Waals surface area contributed by atoms with E-state index in [-0.39, 0.29) is 18.4 Å². The Hall–Kier alpha value is -2.24. The van der Waals surface area contributed by atoms with Gasteiger partial charge in [0, 0.05) is 26.1 Å². The van der Waals surface area contributed by atoms with Gasteiger partial charge in [-0.2, -0.15) is 0 Å². The minimum atomic E-state index is -0.207. The maximum absolute atomic E-state index is 12.5. The zero-order chi connectivity index (χ0) is 16.8. The number of methoxy groups -OCH3 is 2. The van der Waals surface area contributed by atoms with Gasteiger partial charge in [0.25, 0.3) is 0 Å². The number of nitrogens with zero attached hydrogens (tertiary/aromatic N) is 2. The molecule has 0 aromatic heterocycles. The molecule has 1 heterocycles. The Bertz CT molecular complexity index is 568. The first kappa shape index (κ1) is 17.1. The van der Waals surface area contributed by atoms with Crippen molar-refractivity contribution in [3.8, 4) is 11.5 Å². The summed E-state index contributed by atoms with van der Waals surface area (Å²) in [5, 5.41) is 0. The van der Waals surface area contributed by atoms with E-state index in [2.05, 4.69) is 0 Å². The molecule has 0 N–H and O–H groups in total. The maximum Gasteiger partial charge on any atom is 0.242 e. The number of piperidine rings is 1. The van der Waals surface area contributed by atoms with Gasteiger partial charge in [-0.15, -0.1) is 0 Å². The number of amides is 2. The van der Waals surface area contributed by atoms with Crippen molar-refractivity contribution in [3.63, 3.8) is 0 Å². The second-order valence-electron chi connectivity index (χ2n) is 5.58. The first-order valence-corrected chi connectivity index (χ1v) is 7.84. The van der Waals surface area contributed by atoms with Crippen molar-refractivity contribution in [3.05, 3.63) is 18.2 Å². The van der Waals surface area contributed by atoms with Crippen molar-refractivity contribution in [1.29, 1.82) is 0 Å². The summed E-state index contributed by atoms with van der Waals surface area (Å²) in [5.74, 6) is 0.900. The van der Waals surface area contributed by atoms with E-state index in [4.69, 9.17) is 9.47 Å². The first-order valence-electron chi connectivity index (χ1n) is 7.84. The Morgan fingerprint density at radius 1 is 1.13 bits per heavy atom. The predicted molar refractivity (Wildman–Crippen MR) is 88.0 cm³/mol. The lowest BCUT2D eigenvalue weighted by Gasteiger charge is -2.30. The molecule has 1 fully saturated rings. The van der Waals surface area contributed by atoms with Gasteiger partial charge in [0.05, 0.1) is 19.9 Å². The van der Waals surface area contributed by atoms with Crippen LogP contribution in [0.4, 0.5) is 5.69 Å². The molecular formula is C17H24N2O4. The third kappa shape index (κ3) is 4.15. The van der Waals surface area contributed by atoms with Gasteiger partial charge in [-0.25, -0.2) is 0 Å². The van der Waals surface area contributed by atoms with E-state index < -0.39 is 0 Å². The van der Waals surface area contributed by atoms with Gasteiger partial charge in [-0.1, -0.05) is 0 Å². The standard InChI is InChI=1S/C17H24N2O4/c1-13(20)19(12-17(21)18-9-5-4-6-10-18)15-11-14(22-2)7-8-16(15)23-3/h7-8,11H,4-6,9-10,12H2,1-3H3. The van der Waals surface area contributed by atoms with Crippen molar-refractivity contribution in [2.75, 3.05) is 38.8 Å². The van der Waals surface area contributed by atoms with Gasteiger partial charge in [-0.05, 0) is 31.4 Å². The smallest absolute Gasteiger partial charge is 0.242 e. The van der Waals surface area contributed by atoms with Crippen LogP contribution in [0, 0.1) is 0 Å². The van der Waals surface area contributed by atoms with Crippen LogP contribution in [0.1, 0.15) is 26.2 Å². The molecule has 0 bridgehead atoms. The van der Waals surface area contributed by atoms with Crippen LogP contribution < -0.4 is 14.4 Å². The fourth-order valence-electron chi connectivity index (χ4n) is 2.75. The molecule has 6 heteroatoms. The van der Waals surface area contributed by atoms with Crippen molar-refractivity contribution in [2.45, 2.75) is 26.2 Å². The highest BCUT2D eigenvalue weighted by Gasteiger charge is 2.24. The molecular weight excluding hydrogens is 296 g/mol. The summed E-state index contributed by atoms with van der Waals surface area (Å²) in [4.78, 5) is 27.9. The predicted octanol–water partition coefficient (Wildman–Crippen LogP) is 2.07. The van der Waals surface area contributed by atoms with Crippen LogP contribution in [0.3, 0.4) is 0 Å².